The number of nitrogens with one attached hydrogen (secondary N) is 1. The van der Waals surface area contributed by atoms with E-state index < -0.39 is 41.0 Å². The number of thioether (sulfide) groups is 2. The SMILES string of the molecule is CCCCP(CCCC)(CCCC)=C(C(=O)OC(C)(C)C)N1C(=O)[C@@H](NC(=O)COc2ccccc2)[C@H]1SCC(=O)[C@H]1CCC(=O)S1. The maximum absolute atomic E-state index is 14.3. The molecule has 0 aromatic heterocycles. The van der Waals surface area contributed by atoms with Crippen LogP contribution in [0.5, 0.6) is 5.75 Å². The molecule has 1 aromatic carbocycles. The molecular weight excluding hydrogens is 656 g/mol. The number of ketones is 1. The molecule has 3 rings (SSSR count). The van der Waals surface area contributed by atoms with Gasteiger partial charge in [-0.3, -0.25) is 24.1 Å². The zero-order valence-corrected chi connectivity index (χ0v) is 31.4. The van der Waals surface area contributed by atoms with Crippen molar-refractivity contribution in [3.8, 4) is 5.75 Å². The Bertz CT molecular complexity index is 1290. The molecular formula is C35H53N2O7PS2. The van der Waals surface area contributed by atoms with Crippen LogP contribution in [0.4, 0.5) is 0 Å². The van der Waals surface area contributed by atoms with Gasteiger partial charge in [0, 0.05) is 6.42 Å². The largest absolute Gasteiger partial charge is 0.484 e. The molecule has 1 aromatic rings. The van der Waals surface area contributed by atoms with Gasteiger partial charge in [0.25, 0.3) is 11.8 Å². The minimum atomic E-state index is -2.22. The van der Waals surface area contributed by atoms with Crippen LogP contribution in [0.15, 0.2) is 30.3 Å². The molecule has 2 fully saturated rings. The van der Waals surface area contributed by atoms with Gasteiger partial charge in [0.15, 0.2) is 17.5 Å². The van der Waals surface area contributed by atoms with Crippen molar-refractivity contribution in [3.63, 3.8) is 0 Å². The van der Waals surface area contributed by atoms with E-state index in [1.54, 1.807) is 29.2 Å². The molecule has 0 bridgehead atoms. The van der Waals surface area contributed by atoms with Gasteiger partial charge in [0.05, 0.1) is 11.0 Å². The van der Waals surface area contributed by atoms with Crippen molar-refractivity contribution in [2.75, 3.05) is 30.8 Å². The monoisotopic (exact) mass is 708 g/mol. The number of esters is 1. The zero-order chi connectivity index (χ0) is 34.6. The highest BCUT2D eigenvalue weighted by atomic mass is 32.2. The van der Waals surface area contributed by atoms with Crippen molar-refractivity contribution in [2.24, 2.45) is 0 Å². The van der Waals surface area contributed by atoms with E-state index in [9.17, 15) is 24.0 Å². The van der Waals surface area contributed by atoms with E-state index in [2.05, 4.69) is 26.1 Å². The van der Waals surface area contributed by atoms with Crippen LogP contribution >= 0.6 is 30.4 Å². The number of Topliss-reactive ketones (excluding diaryl/α,β-unsaturated/α-hetero) is 1. The Labute approximate surface area is 289 Å². The van der Waals surface area contributed by atoms with E-state index >= 15 is 0 Å². The maximum atomic E-state index is 14.3. The Balaban J connectivity index is 2.05. The molecule has 47 heavy (non-hydrogen) atoms. The molecule has 1 N–H and O–H groups in total. The van der Waals surface area contributed by atoms with Gasteiger partial charge in [-0.05, 0) is 77.1 Å². The Morgan fingerprint density at radius 1 is 0.979 bits per heavy atom. The molecule has 2 heterocycles. The number of benzene rings is 1. The first-order valence-electron chi connectivity index (χ1n) is 17.0. The highest BCUT2D eigenvalue weighted by molar-refractivity contribution is 8.15. The van der Waals surface area contributed by atoms with Crippen LogP contribution in [0, 0.1) is 0 Å². The predicted octanol–water partition coefficient (Wildman–Crippen LogP) is 6.33. The third kappa shape index (κ3) is 11.1. The summed E-state index contributed by atoms with van der Waals surface area (Å²) in [6, 6.07) is 8.00. The molecule has 9 nitrogen and oxygen atoms in total. The number of nitrogens with zero attached hydrogens (tertiary/aromatic N) is 1. The second-order valence-corrected chi connectivity index (χ2v) is 19.7. The first kappa shape index (κ1) is 39.2. The Morgan fingerprint density at radius 2 is 1.57 bits per heavy atom. The number of para-hydroxylation sites is 1. The maximum Gasteiger partial charge on any atom is 0.355 e. The summed E-state index contributed by atoms with van der Waals surface area (Å²) < 4.78 is 11.7. The first-order valence-corrected chi connectivity index (χ1v) is 21.2. The fourth-order valence-corrected chi connectivity index (χ4v) is 13.4. The molecule has 3 atom stereocenters. The van der Waals surface area contributed by atoms with E-state index in [1.165, 1.54) is 11.8 Å². The molecule has 12 heteroatoms. The molecule has 0 aliphatic carbocycles. The number of β-lactam (4-membered cyclic amide) rings is 1. The van der Waals surface area contributed by atoms with Crippen molar-refractivity contribution >= 4 is 64.5 Å². The minimum absolute atomic E-state index is 0.00950. The standard InChI is InChI=1S/C35H53N2O7PS2/c1-7-10-20-45(21-11-8-2,22-12-9-3)32(34(42)44-35(4,5)6)37-31(41)30(36-28(39)23-43-25-16-14-13-15-17-25)33(37)46-24-26(38)27-18-19-29(40)47-27/h13-17,27,30,33H,7-12,18-24H2,1-6H3,(H,36,39)/t27-,30-,33-/m1/s1. The van der Waals surface area contributed by atoms with E-state index in [4.69, 9.17) is 9.47 Å². The lowest BCUT2D eigenvalue weighted by molar-refractivity contribution is -0.151. The number of amides is 2. The van der Waals surface area contributed by atoms with Crippen molar-refractivity contribution in [1.82, 2.24) is 10.2 Å². The molecule has 2 saturated heterocycles. The van der Waals surface area contributed by atoms with Crippen LogP contribution in [0.3, 0.4) is 0 Å². The van der Waals surface area contributed by atoms with Crippen LogP contribution in [-0.2, 0) is 28.7 Å². The van der Waals surface area contributed by atoms with Gasteiger partial charge >= 0.3 is 5.97 Å². The summed E-state index contributed by atoms with van der Waals surface area (Å²) in [5, 5.41) is 1.76. The van der Waals surface area contributed by atoms with E-state index in [0.717, 1.165) is 68.8 Å². The molecule has 0 saturated carbocycles. The normalized spacial score (nSPS) is 19.7. The lowest BCUT2D eigenvalue weighted by Crippen LogP contribution is -2.72. The van der Waals surface area contributed by atoms with Gasteiger partial charge < -0.3 is 14.8 Å². The summed E-state index contributed by atoms with van der Waals surface area (Å²) in [5.74, 6) is -0.814. The number of likely N-dealkylation sites (tertiary alicyclic amines) is 1. The number of carbonyl (C=O) groups is 5. The average molecular weight is 709 g/mol. The second kappa shape index (κ2) is 18.5. The fourth-order valence-electron chi connectivity index (χ4n) is 5.77. The van der Waals surface area contributed by atoms with Gasteiger partial charge in [-0.25, -0.2) is 4.79 Å². The minimum Gasteiger partial charge on any atom is -0.484 e. The molecule has 0 radical (unpaired) electrons. The Hall–Kier alpha value is -2.23. The highest BCUT2D eigenvalue weighted by Gasteiger charge is 2.54. The second-order valence-electron chi connectivity index (χ2n) is 13.2. The number of carbonyl (C=O) groups excluding carboxylic acids is 5. The van der Waals surface area contributed by atoms with Gasteiger partial charge in [0.1, 0.15) is 28.2 Å². The fraction of sp³-hybridized carbons (Fsp3) is 0.657. The van der Waals surface area contributed by atoms with Gasteiger partial charge in [-0.1, -0.05) is 76.9 Å². The summed E-state index contributed by atoms with van der Waals surface area (Å²) in [4.78, 5) is 68.3. The summed E-state index contributed by atoms with van der Waals surface area (Å²) >= 11 is 2.33. The summed E-state index contributed by atoms with van der Waals surface area (Å²) in [5.41, 5.74) is -0.325. The molecule has 2 amide bonds. The Kier molecular flexibility index (Phi) is 15.4. The Morgan fingerprint density at radius 3 is 2.09 bits per heavy atom. The van der Waals surface area contributed by atoms with Crippen LogP contribution in [0.2, 0.25) is 0 Å². The topological polar surface area (TPSA) is 119 Å². The predicted molar refractivity (Wildman–Crippen MR) is 195 cm³/mol. The first-order chi connectivity index (χ1) is 22.4. The van der Waals surface area contributed by atoms with E-state index in [-0.39, 0.29) is 29.2 Å². The number of rotatable bonds is 19. The lowest BCUT2D eigenvalue weighted by Gasteiger charge is -2.49. The lowest BCUT2D eigenvalue weighted by atomic mass is 10.1. The molecule has 2 aliphatic rings. The number of unbranched alkanes of at least 4 members (excludes halogenated alkanes) is 3. The van der Waals surface area contributed by atoms with Crippen LogP contribution in [0.25, 0.3) is 0 Å². The van der Waals surface area contributed by atoms with Gasteiger partial charge in [0.2, 0.25) is 0 Å². The molecule has 0 spiro atoms. The smallest absolute Gasteiger partial charge is 0.355 e. The highest BCUT2D eigenvalue weighted by Crippen LogP contribution is 2.54. The number of hydrogen-bond acceptors (Lipinski definition) is 9. The summed E-state index contributed by atoms with van der Waals surface area (Å²) in [7, 11) is 0. The third-order valence-electron chi connectivity index (χ3n) is 8.19. The number of ether oxygens (including phenoxy) is 2. The summed E-state index contributed by atoms with van der Waals surface area (Å²) in [6.07, 6.45) is 9.03. The zero-order valence-electron chi connectivity index (χ0n) is 28.9. The molecule has 0 unspecified atom stereocenters. The van der Waals surface area contributed by atoms with Crippen LogP contribution in [0.1, 0.15) is 92.9 Å². The molecule has 262 valence electrons. The van der Waals surface area contributed by atoms with E-state index in [0.29, 0.717) is 24.0 Å². The van der Waals surface area contributed by atoms with Crippen molar-refractivity contribution in [1.29, 1.82) is 0 Å². The average Bonchev–Trinajstić information content (AvgIpc) is 3.48. The third-order valence-corrected chi connectivity index (χ3v) is 15.5. The van der Waals surface area contributed by atoms with Gasteiger partial charge in [-0.15, -0.1) is 11.8 Å². The van der Waals surface area contributed by atoms with Crippen LogP contribution < -0.4 is 10.1 Å². The van der Waals surface area contributed by atoms with Crippen molar-refractivity contribution in [3.05, 3.63) is 30.3 Å². The van der Waals surface area contributed by atoms with Crippen LogP contribution in [-0.4, -0.2) is 92.1 Å². The van der Waals surface area contributed by atoms with E-state index in [1.807, 2.05) is 26.8 Å². The number of hydrogen-bond donors (Lipinski definition) is 1. The van der Waals surface area contributed by atoms with Crippen molar-refractivity contribution < 1.29 is 33.4 Å². The van der Waals surface area contributed by atoms with Gasteiger partial charge in [-0.2, -0.15) is 0 Å². The van der Waals surface area contributed by atoms with Crippen molar-refractivity contribution in [2.45, 2.75) is 115 Å². The summed E-state index contributed by atoms with van der Waals surface area (Å²) in [6.45, 7) is 9.37. The molecule has 2 aliphatic heterocycles. The quantitative estimate of drug-likeness (QED) is 0.0999.